The third-order valence-corrected chi connectivity index (χ3v) is 9.40. The van der Waals surface area contributed by atoms with E-state index in [1.165, 1.54) is 43.4 Å². The van der Waals surface area contributed by atoms with Crippen molar-refractivity contribution >= 4 is 39.1 Å². The van der Waals surface area contributed by atoms with Gasteiger partial charge in [-0.05, 0) is 73.9 Å². The molecule has 1 atom stereocenters. The first-order chi connectivity index (χ1) is 20.1. The average molecular weight is 614 g/mol. The number of nitrogens with zero attached hydrogens (tertiary/aromatic N) is 2. The van der Waals surface area contributed by atoms with Crippen molar-refractivity contribution in [3.8, 4) is 11.5 Å². The fraction of sp³-hybridized carbons (Fsp3) is 0.355. The molecule has 3 aromatic carbocycles. The Morgan fingerprint density at radius 1 is 0.976 bits per heavy atom. The minimum absolute atomic E-state index is 0.0320. The molecule has 0 radical (unpaired) electrons. The number of sulfonamides is 1. The van der Waals surface area contributed by atoms with Crippen molar-refractivity contribution in [2.75, 3.05) is 25.1 Å². The lowest BCUT2D eigenvalue weighted by atomic mass is 10.1. The van der Waals surface area contributed by atoms with Gasteiger partial charge in [-0.25, -0.2) is 8.42 Å². The van der Waals surface area contributed by atoms with Crippen LogP contribution in [0, 0.1) is 0 Å². The van der Waals surface area contributed by atoms with E-state index in [4.69, 9.17) is 21.1 Å². The third kappa shape index (κ3) is 7.35. The summed E-state index contributed by atoms with van der Waals surface area (Å²) in [5.41, 5.74) is 0.896. The molecule has 224 valence electrons. The van der Waals surface area contributed by atoms with Crippen LogP contribution in [0.1, 0.15) is 38.2 Å². The fourth-order valence-electron chi connectivity index (χ4n) is 5.03. The number of halogens is 1. The Labute approximate surface area is 252 Å². The van der Waals surface area contributed by atoms with E-state index in [-0.39, 0.29) is 34.8 Å². The number of hydrogen-bond acceptors (Lipinski definition) is 6. The second-order valence-corrected chi connectivity index (χ2v) is 12.5. The van der Waals surface area contributed by atoms with Crippen molar-refractivity contribution in [3.05, 3.63) is 83.4 Å². The molecule has 0 bridgehead atoms. The monoisotopic (exact) mass is 613 g/mol. The van der Waals surface area contributed by atoms with Crippen molar-refractivity contribution in [2.45, 2.75) is 56.1 Å². The van der Waals surface area contributed by atoms with Gasteiger partial charge in [0.1, 0.15) is 24.1 Å². The van der Waals surface area contributed by atoms with Gasteiger partial charge in [0.25, 0.3) is 10.0 Å². The lowest BCUT2D eigenvalue weighted by Crippen LogP contribution is -2.52. The summed E-state index contributed by atoms with van der Waals surface area (Å²) in [7, 11) is -1.34. The molecule has 3 aromatic rings. The van der Waals surface area contributed by atoms with E-state index in [0.717, 1.165) is 30.0 Å². The molecule has 1 N–H and O–H groups in total. The van der Waals surface area contributed by atoms with Gasteiger partial charge in [-0.1, -0.05) is 48.7 Å². The number of carbonyl (C=O) groups excluding carboxylic acids is 2. The van der Waals surface area contributed by atoms with E-state index in [1.54, 1.807) is 55.5 Å². The second kappa shape index (κ2) is 13.9. The van der Waals surface area contributed by atoms with E-state index in [1.807, 2.05) is 0 Å². The number of methoxy groups -OCH3 is 2. The summed E-state index contributed by atoms with van der Waals surface area (Å²) in [6.45, 7) is 1.13. The molecule has 2 amide bonds. The number of para-hydroxylation sites is 2. The number of nitrogens with one attached hydrogen (secondary N) is 1. The molecule has 0 heterocycles. The molecule has 1 aliphatic carbocycles. The molecule has 0 unspecified atom stereocenters. The highest BCUT2D eigenvalue weighted by Gasteiger charge is 2.34. The van der Waals surface area contributed by atoms with Crippen LogP contribution in [0.15, 0.2) is 77.7 Å². The molecular formula is C31H36ClN3O6S. The van der Waals surface area contributed by atoms with E-state index < -0.39 is 28.5 Å². The summed E-state index contributed by atoms with van der Waals surface area (Å²) in [6.07, 6.45) is 3.87. The maximum absolute atomic E-state index is 14.1. The van der Waals surface area contributed by atoms with E-state index in [0.29, 0.717) is 16.3 Å². The number of anilines is 1. The SMILES string of the molecule is COc1ccc(S(=O)(=O)N(CC(=O)N(Cc2cccc(Cl)c2)[C@H](C)C(=O)NC2CCCC2)c2ccccc2OC)cc1. The molecule has 11 heteroatoms. The van der Waals surface area contributed by atoms with E-state index in [2.05, 4.69) is 5.32 Å². The highest BCUT2D eigenvalue weighted by molar-refractivity contribution is 7.92. The number of ether oxygens (including phenoxy) is 2. The Morgan fingerprint density at radius 2 is 1.67 bits per heavy atom. The molecule has 0 aliphatic heterocycles. The third-order valence-electron chi connectivity index (χ3n) is 7.39. The molecule has 42 heavy (non-hydrogen) atoms. The second-order valence-electron chi connectivity index (χ2n) is 10.2. The van der Waals surface area contributed by atoms with Crippen LogP contribution in [0.2, 0.25) is 5.02 Å². The van der Waals surface area contributed by atoms with Crippen LogP contribution in [0.5, 0.6) is 11.5 Å². The molecule has 1 saturated carbocycles. The quantitative estimate of drug-likeness (QED) is 0.307. The van der Waals surface area contributed by atoms with Crippen molar-refractivity contribution in [1.82, 2.24) is 10.2 Å². The molecule has 0 saturated heterocycles. The first-order valence-corrected chi connectivity index (χ1v) is 15.6. The molecule has 1 fully saturated rings. The van der Waals surface area contributed by atoms with Gasteiger partial charge in [-0.2, -0.15) is 0 Å². The van der Waals surface area contributed by atoms with Gasteiger partial charge in [0, 0.05) is 17.6 Å². The van der Waals surface area contributed by atoms with Gasteiger partial charge in [0.05, 0.1) is 24.8 Å². The van der Waals surface area contributed by atoms with Crippen LogP contribution >= 0.6 is 11.6 Å². The first-order valence-electron chi connectivity index (χ1n) is 13.8. The van der Waals surface area contributed by atoms with Gasteiger partial charge in [0.15, 0.2) is 0 Å². The normalized spacial score (nSPS) is 14.2. The van der Waals surface area contributed by atoms with Crippen LogP contribution in [0.3, 0.4) is 0 Å². The van der Waals surface area contributed by atoms with Crippen molar-refractivity contribution < 1.29 is 27.5 Å². The summed E-state index contributed by atoms with van der Waals surface area (Å²) in [5, 5.41) is 3.55. The van der Waals surface area contributed by atoms with Crippen molar-refractivity contribution in [2.24, 2.45) is 0 Å². The van der Waals surface area contributed by atoms with Crippen molar-refractivity contribution in [3.63, 3.8) is 0 Å². The summed E-state index contributed by atoms with van der Waals surface area (Å²) in [4.78, 5) is 28.8. The van der Waals surface area contributed by atoms with Gasteiger partial charge in [-0.15, -0.1) is 0 Å². The molecular weight excluding hydrogens is 578 g/mol. The Bertz CT molecular complexity index is 1490. The molecule has 9 nitrogen and oxygen atoms in total. The zero-order valence-electron chi connectivity index (χ0n) is 24.0. The minimum atomic E-state index is -4.26. The highest BCUT2D eigenvalue weighted by Crippen LogP contribution is 2.33. The van der Waals surface area contributed by atoms with Gasteiger partial charge in [-0.3, -0.25) is 13.9 Å². The lowest BCUT2D eigenvalue weighted by Gasteiger charge is -2.33. The average Bonchev–Trinajstić information content (AvgIpc) is 3.51. The highest BCUT2D eigenvalue weighted by atomic mass is 35.5. The molecule has 4 rings (SSSR count). The summed E-state index contributed by atoms with van der Waals surface area (Å²) >= 11 is 6.22. The smallest absolute Gasteiger partial charge is 0.264 e. The largest absolute Gasteiger partial charge is 0.497 e. The number of carbonyl (C=O) groups is 2. The molecule has 1 aliphatic rings. The number of amides is 2. The van der Waals surface area contributed by atoms with Crippen LogP contribution in [-0.4, -0.2) is 58.0 Å². The first kappa shape index (κ1) is 31.2. The Kier molecular flexibility index (Phi) is 10.3. The molecule has 0 aromatic heterocycles. The summed E-state index contributed by atoms with van der Waals surface area (Å²) < 4.78 is 39.8. The Balaban J connectivity index is 1.72. The maximum atomic E-state index is 14.1. The van der Waals surface area contributed by atoms with Gasteiger partial charge < -0.3 is 19.7 Å². The van der Waals surface area contributed by atoms with E-state index >= 15 is 0 Å². The van der Waals surface area contributed by atoms with Crippen LogP contribution < -0.4 is 19.1 Å². The fourth-order valence-corrected chi connectivity index (χ4v) is 6.67. The Morgan fingerprint density at radius 3 is 2.31 bits per heavy atom. The topological polar surface area (TPSA) is 105 Å². The molecule has 0 spiro atoms. The predicted octanol–water partition coefficient (Wildman–Crippen LogP) is 5.03. The zero-order chi connectivity index (χ0) is 30.3. The lowest BCUT2D eigenvalue weighted by molar-refractivity contribution is -0.139. The predicted molar refractivity (Wildman–Crippen MR) is 162 cm³/mol. The van der Waals surface area contributed by atoms with Crippen molar-refractivity contribution in [1.29, 1.82) is 0 Å². The van der Waals surface area contributed by atoms with Gasteiger partial charge >= 0.3 is 0 Å². The summed E-state index contributed by atoms with van der Waals surface area (Å²) in [6, 6.07) is 18.7. The van der Waals surface area contributed by atoms with Crippen LogP contribution in [-0.2, 0) is 26.2 Å². The summed E-state index contributed by atoms with van der Waals surface area (Å²) in [5.74, 6) is -0.0920. The maximum Gasteiger partial charge on any atom is 0.264 e. The Hall–Kier alpha value is -3.76. The number of benzene rings is 3. The van der Waals surface area contributed by atoms with Crippen LogP contribution in [0.4, 0.5) is 5.69 Å². The van der Waals surface area contributed by atoms with Gasteiger partial charge in [0.2, 0.25) is 11.8 Å². The van der Waals surface area contributed by atoms with Crippen LogP contribution in [0.25, 0.3) is 0 Å². The zero-order valence-corrected chi connectivity index (χ0v) is 25.5. The minimum Gasteiger partial charge on any atom is -0.497 e. The number of rotatable bonds is 12. The van der Waals surface area contributed by atoms with E-state index in [9.17, 15) is 18.0 Å². The number of hydrogen-bond donors (Lipinski definition) is 1. The standard InChI is InChI=1S/C31H36ClN3O6S/c1-22(31(37)33-25-11-4-5-12-25)34(20-23-9-8-10-24(32)19-23)30(36)21-35(28-13-6-7-14-29(28)41-3)42(38,39)27-17-15-26(40-2)16-18-27/h6-10,13-19,22,25H,4-5,11-12,20-21H2,1-3H3,(H,33,37)/t22-/m1/s1.